The molecule has 0 fully saturated rings. The van der Waals surface area contributed by atoms with E-state index in [0.717, 1.165) is 16.7 Å². The highest BCUT2D eigenvalue weighted by molar-refractivity contribution is 6.30. The Hall–Kier alpha value is -3.31. The Morgan fingerprint density at radius 2 is 1.76 bits per heavy atom. The number of carbonyl (C=O) groups excluding carboxylic acids is 1. The predicted molar refractivity (Wildman–Crippen MR) is 115 cm³/mol. The molecule has 0 aliphatic heterocycles. The van der Waals surface area contributed by atoms with Gasteiger partial charge in [-0.05, 0) is 54.4 Å². The molecule has 0 atom stereocenters. The third kappa shape index (κ3) is 6.97. The van der Waals surface area contributed by atoms with Gasteiger partial charge >= 0.3 is 0 Å². The van der Waals surface area contributed by atoms with Crippen LogP contribution in [-0.4, -0.2) is 18.7 Å². The number of amides is 1. The second-order valence-electron chi connectivity index (χ2n) is 6.38. The summed E-state index contributed by atoms with van der Waals surface area (Å²) >= 11 is 5.88. The first kappa shape index (κ1) is 20.4. The summed E-state index contributed by atoms with van der Waals surface area (Å²) in [6.07, 6.45) is 1.55. The van der Waals surface area contributed by atoms with Gasteiger partial charge in [0.05, 0.1) is 6.21 Å². The van der Waals surface area contributed by atoms with E-state index in [1.54, 1.807) is 6.21 Å². The summed E-state index contributed by atoms with van der Waals surface area (Å²) in [4.78, 5) is 11.8. The summed E-state index contributed by atoms with van der Waals surface area (Å²) in [7, 11) is 0. The van der Waals surface area contributed by atoms with E-state index < -0.39 is 0 Å². The lowest BCUT2D eigenvalue weighted by Gasteiger charge is -2.07. The highest BCUT2D eigenvalue weighted by Gasteiger charge is 2.02. The van der Waals surface area contributed by atoms with Crippen molar-refractivity contribution >= 4 is 23.7 Å². The molecule has 29 heavy (non-hydrogen) atoms. The lowest BCUT2D eigenvalue weighted by Crippen LogP contribution is -2.24. The first-order chi connectivity index (χ1) is 14.1. The summed E-state index contributed by atoms with van der Waals surface area (Å²) in [5, 5.41) is 4.66. The number of rotatable bonds is 8. The van der Waals surface area contributed by atoms with Crippen molar-refractivity contribution in [2.75, 3.05) is 6.61 Å². The van der Waals surface area contributed by atoms with Gasteiger partial charge in [0.25, 0.3) is 5.91 Å². The molecule has 6 heteroatoms. The van der Waals surface area contributed by atoms with Crippen LogP contribution >= 0.6 is 11.6 Å². The molecule has 0 aromatic heterocycles. The van der Waals surface area contributed by atoms with Gasteiger partial charge in [-0.2, -0.15) is 5.10 Å². The molecule has 3 rings (SSSR count). The molecule has 5 nitrogen and oxygen atoms in total. The molecular formula is C23H21ClN2O3. The van der Waals surface area contributed by atoms with Gasteiger partial charge in [0.1, 0.15) is 18.1 Å². The average Bonchev–Trinajstić information content (AvgIpc) is 2.73. The highest BCUT2D eigenvalue weighted by Crippen LogP contribution is 2.16. The van der Waals surface area contributed by atoms with Crippen LogP contribution in [0.4, 0.5) is 0 Å². The van der Waals surface area contributed by atoms with Crippen LogP contribution in [0.5, 0.6) is 11.5 Å². The fraction of sp³-hybridized carbons (Fsp3) is 0.130. The Labute approximate surface area is 174 Å². The lowest BCUT2D eigenvalue weighted by atomic mass is 10.2. The zero-order valence-electron chi connectivity index (χ0n) is 16.0. The van der Waals surface area contributed by atoms with E-state index in [0.29, 0.717) is 23.1 Å². The number of hydrazone groups is 1. The molecule has 0 radical (unpaired) electrons. The molecule has 0 aliphatic carbocycles. The summed E-state index contributed by atoms with van der Waals surface area (Å²) in [6, 6.07) is 22.4. The normalized spacial score (nSPS) is 10.7. The van der Waals surface area contributed by atoms with Gasteiger partial charge in [0.2, 0.25) is 0 Å². The largest absolute Gasteiger partial charge is 0.489 e. The molecule has 0 saturated heterocycles. The van der Waals surface area contributed by atoms with E-state index in [9.17, 15) is 4.79 Å². The van der Waals surface area contributed by atoms with Crippen molar-refractivity contribution in [3.05, 3.63) is 94.5 Å². The Kier molecular flexibility index (Phi) is 7.25. The molecule has 1 N–H and O–H groups in total. The molecule has 0 heterocycles. The second-order valence-corrected chi connectivity index (χ2v) is 6.82. The van der Waals surface area contributed by atoms with Crippen LogP contribution in [0.1, 0.15) is 16.7 Å². The topological polar surface area (TPSA) is 59.9 Å². The number of carbonyl (C=O) groups is 1. The molecular weight excluding hydrogens is 388 g/mol. The number of halogens is 1. The van der Waals surface area contributed by atoms with E-state index in [1.807, 2.05) is 79.7 Å². The van der Waals surface area contributed by atoms with Crippen LogP contribution < -0.4 is 14.9 Å². The molecule has 0 aliphatic rings. The number of ether oxygens (including phenoxy) is 2. The minimum absolute atomic E-state index is 0.107. The zero-order valence-corrected chi connectivity index (χ0v) is 16.7. The summed E-state index contributed by atoms with van der Waals surface area (Å²) in [6.45, 7) is 2.32. The Morgan fingerprint density at radius 1 is 1.00 bits per heavy atom. The van der Waals surface area contributed by atoms with Crippen molar-refractivity contribution in [1.82, 2.24) is 5.43 Å². The molecule has 0 unspecified atom stereocenters. The molecule has 0 spiro atoms. The number of aryl methyl sites for hydroxylation is 1. The van der Waals surface area contributed by atoms with Crippen LogP contribution in [-0.2, 0) is 11.4 Å². The first-order valence-electron chi connectivity index (χ1n) is 9.07. The van der Waals surface area contributed by atoms with Crippen LogP contribution in [0.3, 0.4) is 0 Å². The Balaban J connectivity index is 1.46. The van der Waals surface area contributed by atoms with Crippen LogP contribution in [0, 0.1) is 6.92 Å². The third-order valence-corrected chi connectivity index (χ3v) is 4.22. The number of nitrogens with zero attached hydrogens (tertiary/aromatic N) is 1. The SMILES string of the molecule is Cc1ccc(OCC(=O)N/N=C/c2cccc(OCc3ccc(Cl)cc3)c2)cc1. The lowest BCUT2D eigenvalue weighted by molar-refractivity contribution is -0.123. The number of hydrogen-bond donors (Lipinski definition) is 1. The average molecular weight is 409 g/mol. The number of benzene rings is 3. The third-order valence-electron chi connectivity index (χ3n) is 3.97. The van der Waals surface area contributed by atoms with Crippen molar-refractivity contribution in [2.24, 2.45) is 5.10 Å². The molecule has 3 aromatic rings. The molecule has 1 amide bonds. The van der Waals surface area contributed by atoms with Crippen LogP contribution in [0.2, 0.25) is 5.02 Å². The number of hydrogen-bond acceptors (Lipinski definition) is 4. The van der Waals surface area contributed by atoms with Gasteiger partial charge in [-0.3, -0.25) is 4.79 Å². The van der Waals surface area contributed by atoms with Crippen molar-refractivity contribution < 1.29 is 14.3 Å². The van der Waals surface area contributed by atoms with Gasteiger partial charge in [-0.1, -0.05) is 53.6 Å². The maximum Gasteiger partial charge on any atom is 0.277 e. The van der Waals surface area contributed by atoms with Crippen LogP contribution in [0.25, 0.3) is 0 Å². The van der Waals surface area contributed by atoms with Gasteiger partial charge in [0, 0.05) is 5.02 Å². The van der Waals surface area contributed by atoms with Gasteiger partial charge in [0.15, 0.2) is 6.61 Å². The fourth-order valence-corrected chi connectivity index (χ4v) is 2.55. The molecule has 148 valence electrons. The molecule has 0 saturated carbocycles. The minimum Gasteiger partial charge on any atom is -0.489 e. The van der Waals surface area contributed by atoms with Crippen molar-refractivity contribution in [1.29, 1.82) is 0 Å². The number of nitrogens with one attached hydrogen (secondary N) is 1. The molecule has 0 bridgehead atoms. The highest BCUT2D eigenvalue weighted by atomic mass is 35.5. The smallest absolute Gasteiger partial charge is 0.277 e. The van der Waals surface area contributed by atoms with Crippen molar-refractivity contribution in [3.63, 3.8) is 0 Å². The summed E-state index contributed by atoms with van der Waals surface area (Å²) in [5.74, 6) is 1.01. The summed E-state index contributed by atoms with van der Waals surface area (Å²) < 4.78 is 11.2. The predicted octanol–water partition coefficient (Wildman–Crippen LogP) is 4.76. The maximum atomic E-state index is 11.8. The zero-order chi connectivity index (χ0) is 20.5. The first-order valence-corrected chi connectivity index (χ1v) is 9.45. The van der Waals surface area contributed by atoms with E-state index in [-0.39, 0.29) is 12.5 Å². The maximum absolute atomic E-state index is 11.8. The van der Waals surface area contributed by atoms with Crippen molar-refractivity contribution in [3.8, 4) is 11.5 Å². The Bertz CT molecular complexity index is 970. The minimum atomic E-state index is -0.336. The van der Waals surface area contributed by atoms with Gasteiger partial charge < -0.3 is 9.47 Å². The monoisotopic (exact) mass is 408 g/mol. The quantitative estimate of drug-likeness (QED) is 0.432. The standard InChI is InChI=1S/C23H21ClN2O3/c1-17-5-11-21(12-6-17)29-16-23(27)26-25-14-19-3-2-4-22(13-19)28-15-18-7-9-20(24)10-8-18/h2-14H,15-16H2,1H3,(H,26,27)/b25-14+. The van der Waals surface area contributed by atoms with E-state index in [1.165, 1.54) is 0 Å². The second kappa shape index (κ2) is 10.3. The van der Waals surface area contributed by atoms with E-state index >= 15 is 0 Å². The van der Waals surface area contributed by atoms with E-state index in [4.69, 9.17) is 21.1 Å². The van der Waals surface area contributed by atoms with Gasteiger partial charge in [-0.15, -0.1) is 0 Å². The van der Waals surface area contributed by atoms with E-state index in [2.05, 4.69) is 10.5 Å². The van der Waals surface area contributed by atoms with Crippen molar-refractivity contribution in [2.45, 2.75) is 13.5 Å². The Morgan fingerprint density at radius 3 is 2.52 bits per heavy atom. The van der Waals surface area contributed by atoms with Crippen LogP contribution in [0.15, 0.2) is 77.9 Å². The van der Waals surface area contributed by atoms with Gasteiger partial charge in [-0.25, -0.2) is 5.43 Å². The summed E-state index contributed by atoms with van der Waals surface area (Å²) in [5.41, 5.74) is 5.40. The fourth-order valence-electron chi connectivity index (χ4n) is 2.43. The molecule has 3 aromatic carbocycles.